The number of Topliss-reactive ketones (excluding diaryl/α,β-unsaturated/α-hetero) is 1. The molecular formula is C14H21NO3. The van der Waals surface area contributed by atoms with Crippen LogP contribution < -0.4 is 0 Å². The lowest BCUT2D eigenvalue weighted by molar-refractivity contribution is -0.120. The largest absolute Gasteiger partial charge is 0.449 e. The lowest BCUT2D eigenvalue weighted by Crippen LogP contribution is -2.36. The number of hydrogen-bond acceptors (Lipinski definition) is 3. The molecule has 0 N–H and O–H groups in total. The number of ether oxygens (including phenoxy) is 1. The molecule has 1 saturated heterocycles. The highest BCUT2D eigenvalue weighted by Gasteiger charge is 2.22. The van der Waals surface area contributed by atoms with Crippen LogP contribution in [0.1, 0.15) is 26.7 Å². The summed E-state index contributed by atoms with van der Waals surface area (Å²) in [6.45, 7) is 10.1. The first-order valence-electron chi connectivity index (χ1n) is 5.90. The molecule has 4 nitrogen and oxygen atoms in total. The van der Waals surface area contributed by atoms with Gasteiger partial charge in [-0.3, -0.25) is 9.69 Å². The van der Waals surface area contributed by atoms with Crippen molar-refractivity contribution >= 4 is 11.9 Å². The molecule has 0 spiro atoms. The Morgan fingerprint density at radius 2 is 2.06 bits per heavy atom. The molecule has 0 radical (unpaired) electrons. The molecule has 18 heavy (non-hydrogen) atoms. The average Bonchev–Trinajstić information content (AvgIpc) is 2.38. The summed E-state index contributed by atoms with van der Waals surface area (Å²) in [5, 5.41) is 0. The first-order valence-corrected chi connectivity index (χ1v) is 5.90. The minimum absolute atomic E-state index is 0.0740. The first-order chi connectivity index (χ1) is 8.65. The molecule has 1 heterocycles. The van der Waals surface area contributed by atoms with Gasteiger partial charge in [0.2, 0.25) is 0 Å². The van der Waals surface area contributed by atoms with Crippen LogP contribution in [0.4, 0.5) is 4.79 Å². The van der Waals surface area contributed by atoms with Crippen molar-refractivity contribution in [1.82, 2.24) is 4.90 Å². The van der Waals surface area contributed by atoms with Crippen LogP contribution in [0.5, 0.6) is 0 Å². The maximum atomic E-state index is 11.6. The summed E-state index contributed by atoms with van der Waals surface area (Å²) in [4.78, 5) is 24.5. The SMILES string of the molecule is C/C=C\C=C(/C)N1CC(=O)CCCOC1=O.C=C. The van der Waals surface area contributed by atoms with Crippen molar-refractivity contribution in [3.63, 3.8) is 0 Å². The number of allylic oxidation sites excluding steroid dienone is 4. The molecule has 4 heteroatoms. The van der Waals surface area contributed by atoms with Gasteiger partial charge in [0.05, 0.1) is 13.2 Å². The average molecular weight is 251 g/mol. The monoisotopic (exact) mass is 251 g/mol. The standard InChI is InChI=1S/C12H17NO3.C2H4/c1-3-4-6-10(2)13-9-11(14)7-5-8-16-12(13)15;1-2/h3-4,6H,5,7-9H2,1-2H3;1-2H2/b4-3-,10-6+;. The predicted molar refractivity (Wildman–Crippen MR) is 72.1 cm³/mol. The summed E-state index contributed by atoms with van der Waals surface area (Å²) in [6, 6.07) is 0. The molecule has 0 atom stereocenters. The van der Waals surface area contributed by atoms with E-state index in [0.29, 0.717) is 19.4 Å². The molecular weight excluding hydrogens is 230 g/mol. The Kier molecular flexibility index (Phi) is 8.27. The Morgan fingerprint density at radius 1 is 1.39 bits per heavy atom. The van der Waals surface area contributed by atoms with Gasteiger partial charge in [-0.25, -0.2) is 4.79 Å². The number of hydrogen-bond donors (Lipinski definition) is 0. The maximum Gasteiger partial charge on any atom is 0.414 e. The number of carbonyl (C=O) groups is 2. The minimum atomic E-state index is -0.439. The molecule has 1 aliphatic rings. The number of ketones is 1. The highest BCUT2D eigenvalue weighted by Crippen LogP contribution is 2.11. The first kappa shape index (κ1) is 16.2. The summed E-state index contributed by atoms with van der Waals surface area (Å²) in [6.07, 6.45) is 6.13. The van der Waals surface area contributed by atoms with E-state index in [1.807, 2.05) is 19.1 Å². The third-order valence-electron chi connectivity index (χ3n) is 2.34. The van der Waals surface area contributed by atoms with E-state index in [9.17, 15) is 9.59 Å². The molecule has 100 valence electrons. The van der Waals surface area contributed by atoms with Crippen molar-refractivity contribution < 1.29 is 14.3 Å². The van der Waals surface area contributed by atoms with Crippen molar-refractivity contribution in [1.29, 1.82) is 0 Å². The molecule has 0 aromatic rings. The predicted octanol–water partition coefficient (Wildman–Crippen LogP) is 3.07. The number of nitrogens with zero attached hydrogens (tertiary/aromatic N) is 1. The Bertz CT molecular complexity index is 345. The van der Waals surface area contributed by atoms with E-state index in [2.05, 4.69) is 13.2 Å². The van der Waals surface area contributed by atoms with Gasteiger partial charge in [-0.05, 0) is 26.3 Å². The van der Waals surface area contributed by atoms with Crippen LogP contribution in [0, 0.1) is 0 Å². The Balaban J connectivity index is 0.00000137. The van der Waals surface area contributed by atoms with Gasteiger partial charge in [-0.1, -0.05) is 12.2 Å². The molecule has 0 unspecified atom stereocenters. The number of cyclic esters (lactones) is 1. The third-order valence-corrected chi connectivity index (χ3v) is 2.34. The normalized spacial score (nSPS) is 17.7. The molecule has 1 fully saturated rings. The fourth-order valence-electron chi connectivity index (χ4n) is 1.42. The van der Waals surface area contributed by atoms with Gasteiger partial charge in [-0.15, -0.1) is 13.2 Å². The van der Waals surface area contributed by atoms with Gasteiger partial charge in [0.15, 0.2) is 5.78 Å². The molecule has 0 aliphatic carbocycles. The number of amides is 1. The van der Waals surface area contributed by atoms with Crippen molar-refractivity contribution in [3.8, 4) is 0 Å². The van der Waals surface area contributed by atoms with E-state index in [1.165, 1.54) is 4.90 Å². The van der Waals surface area contributed by atoms with Crippen LogP contribution in [-0.2, 0) is 9.53 Å². The molecule has 1 amide bonds. The van der Waals surface area contributed by atoms with Crippen molar-refractivity contribution in [2.24, 2.45) is 0 Å². The van der Waals surface area contributed by atoms with Gasteiger partial charge < -0.3 is 4.74 Å². The van der Waals surface area contributed by atoms with Crippen LogP contribution in [-0.4, -0.2) is 29.9 Å². The van der Waals surface area contributed by atoms with Crippen LogP contribution in [0.2, 0.25) is 0 Å². The zero-order valence-electron chi connectivity index (χ0n) is 11.1. The molecule has 1 aliphatic heterocycles. The quantitative estimate of drug-likeness (QED) is 0.559. The van der Waals surface area contributed by atoms with Crippen molar-refractivity contribution in [2.45, 2.75) is 26.7 Å². The van der Waals surface area contributed by atoms with Gasteiger partial charge in [-0.2, -0.15) is 0 Å². The van der Waals surface area contributed by atoms with Crippen LogP contribution in [0.3, 0.4) is 0 Å². The van der Waals surface area contributed by atoms with Gasteiger partial charge in [0, 0.05) is 12.1 Å². The Morgan fingerprint density at radius 3 is 2.67 bits per heavy atom. The topological polar surface area (TPSA) is 46.6 Å². The van der Waals surface area contributed by atoms with Gasteiger partial charge >= 0.3 is 6.09 Å². The van der Waals surface area contributed by atoms with Crippen LogP contribution >= 0.6 is 0 Å². The Labute approximate surface area is 109 Å². The van der Waals surface area contributed by atoms with E-state index >= 15 is 0 Å². The second-order valence-electron chi connectivity index (χ2n) is 3.68. The second kappa shape index (κ2) is 9.22. The third kappa shape index (κ3) is 5.48. The zero-order chi connectivity index (χ0) is 14.0. The maximum absolute atomic E-state index is 11.6. The summed E-state index contributed by atoms with van der Waals surface area (Å²) < 4.78 is 5.01. The number of rotatable bonds is 2. The molecule has 0 bridgehead atoms. The van der Waals surface area contributed by atoms with Crippen molar-refractivity contribution in [2.75, 3.05) is 13.2 Å². The zero-order valence-corrected chi connectivity index (χ0v) is 11.1. The van der Waals surface area contributed by atoms with E-state index in [0.717, 1.165) is 5.70 Å². The van der Waals surface area contributed by atoms with Crippen LogP contribution in [0.25, 0.3) is 0 Å². The summed E-state index contributed by atoms with van der Waals surface area (Å²) in [5.41, 5.74) is 0.721. The Hall–Kier alpha value is -1.84. The number of carbonyl (C=O) groups excluding carboxylic acids is 2. The second-order valence-corrected chi connectivity index (χ2v) is 3.68. The summed E-state index contributed by atoms with van der Waals surface area (Å²) in [7, 11) is 0. The minimum Gasteiger partial charge on any atom is -0.449 e. The summed E-state index contributed by atoms with van der Waals surface area (Å²) in [5.74, 6) is 0.0740. The molecule has 0 aromatic heterocycles. The fraction of sp³-hybridized carbons (Fsp3) is 0.429. The molecule has 0 saturated carbocycles. The summed E-state index contributed by atoms with van der Waals surface area (Å²) >= 11 is 0. The van der Waals surface area contributed by atoms with E-state index < -0.39 is 6.09 Å². The van der Waals surface area contributed by atoms with Gasteiger partial charge in [0.1, 0.15) is 0 Å². The molecule has 1 rings (SSSR count). The van der Waals surface area contributed by atoms with E-state index in [-0.39, 0.29) is 12.3 Å². The van der Waals surface area contributed by atoms with E-state index in [4.69, 9.17) is 4.74 Å². The van der Waals surface area contributed by atoms with Crippen molar-refractivity contribution in [3.05, 3.63) is 37.1 Å². The molecule has 0 aromatic carbocycles. The smallest absolute Gasteiger partial charge is 0.414 e. The highest BCUT2D eigenvalue weighted by atomic mass is 16.6. The fourth-order valence-corrected chi connectivity index (χ4v) is 1.42. The highest BCUT2D eigenvalue weighted by molar-refractivity contribution is 5.85. The lowest BCUT2D eigenvalue weighted by atomic mass is 10.2. The van der Waals surface area contributed by atoms with Crippen LogP contribution in [0.15, 0.2) is 37.1 Å². The lowest BCUT2D eigenvalue weighted by Gasteiger charge is -2.23. The van der Waals surface area contributed by atoms with Gasteiger partial charge in [0.25, 0.3) is 0 Å². The van der Waals surface area contributed by atoms with E-state index in [1.54, 1.807) is 13.0 Å².